The summed E-state index contributed by atoms with van der Waals surface area (Å²) >= 11 is 1.56. The molecule has 0 fully saturated rings. The van der Waals surface area contributed by atoms with Crippen LogP contribution in [0.5, 0.6) is 0 Å². The third-order valence-corrected chi connectivity index (χ3v) is 7.04. The van der Waals surface area contributed by atoms with Gasteiger partial charge < -0.3 is 10.4 Å². The van der Waals surface area contributed by atoms with Crippen molar-refractivity contribution in [3.05, 3.63) is 119 Å². The summed E-state index contributed by atoms with van der Waals surface area (Å²) in [7, 11) is 0. The van der Waals surface area contributed by atoms with Crippen molar-refractivity contribution in [3.8, 4) is 22.3 Å². The van der Waals surface area contributed by atoms with Crippen LogP contribution in [0.15, 0.2) is 97.1 Å². The van der Waals surface area contributed by atoms with Gasteiger partial charge in [0, 0.05) is 5.56 Å². The Labute approximate surface area is 228 Å². The number of amides is 1. The van der Waals surface area contributed by atoms with Crippen molar-refractivity contribution in [2.75, 3.05) is 12.0 Å². The first-order valence-electron chi connectivity index (χ1n) is 12.5. The van der Waals surface area contributed by atoms with E-state index >= 15 is 0 Å². The lowest BCUT2D eigenvalue weighted by molar-refractivity contribution is -0.139. The van der Waals surface area contributed by atoms with Crippen LogP contribution in [0, 0.1) is 6.92 Å². The van der Waals surface area contributed by atoms with E-state index in [0.29, 0.717) is 17.7 Å². The SMILES string of the molecule is CSCC[C@H](NC(=O)c1ccc(C=Cc2cccc(-c3ccccc3)c2)cc1-c1ccccc1C)C(=O)O. The van der Waals surface area contributed by atoms with Gasteiger partial charge in [-0.05, 0) is 82.5 Å². The van der Waals surface area contributed by atoms with Crippen LogP contribution in [-0.4, -0.2) is 35.0 Å². The quantitative estimate of drug-likeness (QED) is 0.213. The molecule has 2 N–H and O–H groups in total. The molecule has 0 saturated carbocycles. The molecule has 5 heteroatoms. The van der Waals surface area contributed by atoms with Crippen LogP contribution < -0.4 is 5.32 Å². The van der Waals surface area contributed by atoms with Gasteiger partial charge in [0.1, 0.15) is 6.04 Å². The third kappa shape index (κ3) is 6.81. The minimum absolute atomic E-state index is 0.366. The van der Waals surface area contributed by atoms with Gasteiger partial charge in [0.15, 0.2) is 0 Å². The molecule has 1 amide bonds. The average molecular weight is 522 g/mol. The largest absolute Gasteiger partial charge is 0.480 e. The van der Waals surface area contributed by atoms with Crippen molar-refractivity contribution in [3.63, 3.8) is 0 Å². The van der Waals surface area contributed by atoms with Crippen molar-refractivity contribution < 1.29 is 14.7 Å². The number of hydrogen-bond acceptors (Lipinski definition) is 3. The lowest BCUT2D eigenvalue weighted by atomic mass is 9.93. The first-order valence-corrected chi connectivity index (χ1v) is 13.9. The normalized spacial score (nSPS) is 11.8. The molecule has 0 aliphatic carbocycles. The number of nitrogens with one attached hydrogen (secondary N) is 1. The summed E-state index contributed by atoms with van der Waals surface area (Å²) in [5.41, 5.74) is 7.54. The Bertz CT molecular complexity index is 1450. The second kappa shape index (κ2) is 12.9. The first-order chi connectivity index (χ1) is 18.5. The standard InChI is InChI=1S/C33H31NO3S/c1-23-9-6-7-14-28(23)30-22-25(17-18-29(30)32(35)34-31(33(36)37)19-20-38-2)16-15-24-10-8-13-27(21-24)26-11-4-3-5-12-26/h3-18,21-22,31H,19-20H2,1-2H3,(H,34,35)(H,36,37)/t31-/m0/s1. The second-order valence-electron chi connectivity index (χ2n) is 9.09. The fourth-order valence-corrected chi connectivity index (χ4v) is 4.81. The van der Waals surface area contributed by atoms with Crippen LogP contribution in [0.1, 0.15) is 33.5 Å². The van der Waals surface area contributed by atoms with Gasteiger partial charge in [-0.15, -0.1) is 0 Å². The van der Waals surface area contributed by atoms with Gasteiger partial charge in [0.25, 0.3) is 5.91 Å². The number of benzene rings is 4. The summed E-state index contributed by atoms with van der Waals surface area (Å²) in [6.07, 6.45) is 6.38. The van der Waals surface area contributed by atoms with Gasteiger partial charge >= 0.3 is 5.97 Å². The molecule has 38 heavy (non-hydrogen) atoms. The molecule has 0 saturated heterocycles. The molecular weight excluding hydrogens is 490 g/mol. The second-order valence-corrected chi connectivity index (χ2v) is 10.1. The lowest BCUT2D eigenvalue weighted by Gasteiger charge is -2.17. The monoisotopic (exact) mass is 521 g/mol. The van der Waals surface area contributed by atoms with Gasteiger partial charge in [-0.2, -0.15) is 11.8 Å². The molecule has 4 aromatic rings. The Morgan fingerprint density at radius 2 is 1.50 bits per heavy atom. The number of carboxylic acid groups (broad SMARTS) is 1. The van der Waals surface area contributed by atoms with Gasteiger partial charge in [-0.3, -0.25) is 4.79 Å². The lowest BCUT2D eigenvalue weighted by Crippen LogP contribution is -2.41. The van der Waals surface area contributed by atoms with Gasteiger partial charge in [0.05, 0.1) is 0 Å². The maximum absolute atomic E-state index is 13.3. The van der Waals surface area contributed by atoms with E-state index in [0.717, 1.165) is 38.9 Å². The summed E-state index contributed by atoms with van der Waals surface area (Å²) in [6, 6.07) is 31.3. The molecule has 0 aliphatic heterocycles. The summed E-state index contributed by atoms with van der Waals surface area (Å²) in [6.45, 7) is 2.01. The Kier molecular flexibility index (Phi) is 9.17. The number of carboxylic acids is 1. The van der Waals surface area contributed by atoms with E-state index in [1.165, 1.54) is 0 Å². The summed E-state index contributed by atoms with van der Waals surface area (Å²) in [5.74, 6) is -0.762. The van der Waals surface area contributed by atoms with Crippen LogP contribution in [0.3, 0.4) is 0 Å². The molecule has 1 atom stereocenters. The third-order valence-electron chi connectivity index (χ3n) is 6.40. The van der Waals surface area contributed by atoms with Crippen LogP contribution in [0.4, 0.5) is 0 Å². The maximum atomic E-state index is 13.3. The van der Waals surface area contributed by atoms with E-state index in [1.54, 1.807) is 17.8 Å². The average Bonchev–Trinajstić information content (AvgIpc) is 2.94. The molecule has 4 nitrogen and oxygen atoms in total. The maximum Gasteiger partial charge on any atom is 0.326 e. The van der Waals surface area contributed by atoms with Gasteiger partial charge in [0.2, 0.25) is 0 Å². The fourth-order valence-electron chi connectivity index (χ4n) is 4.34. The highest BCUT2D eigenvalue weighted by molar-refractivity contribution is 7.98. The fraction of sp³-hybridized carbons (Fsp3) is 0.152. The number of hydrogen-bond donors (Lipinski definition) is 2. The van der Waals surface area contributed by atoms with Crippen molar-refractivity contribution in [1.82, 2.24) is 5.32 Å². The van der Waals surface area contributed by atoms with Crippen LogP contribution in [0.25, 0.3) is 34.4 Å². The number of aliphatic carboxylic acids is 1. The molecule has 0 heterocycles. The highest BCUT2D eigenvalue weighted by atomic mass is 32.2. The molecule has 0 aliphatic rings. The summed E-state index contributed by atoms with van der Waals surface area (Å²) in [5, 5.41) is 12.3. The van der Waals surface area contributed by atoms with Crippen LogP contribution >= 0.6 is 11.8 Å². The Balaban J connectivity index is 1.66. The van der Waals surface area contributed by atoms with E-state index in [-0.39, 0.29) is 5.91 Å². The molecule has 0 spiro atoms. The van der Waals surface area contributed by atoms with Gasteiger partial charge in [-0.1, -0.05) is 91.0 Å². The molecule has 4 aromatic carbocycles. The molecule has 0 aromatic heterocycles. The predicted octanol–water partition coefficient (Wildman–Crippen LogP) is 7.44. The van der Waals surface area contributed by atoms with E-state index in [4.69, 9.17) is 0 Å². The van der Waals surface area contributed by atoms with E-state index < -0.39 is 12.0 Å². The minimum atomic E-state index is -1.03. The molecular formula is C33H31NO3S. The molecule has 0 bridgehead atoms. The predicted molar refractivity (Wildman–Crippen MR) is 159 cm³/mol. The minimum Gasteiger partial charge on any atom is -0.480 e. The van der Waals surface area contributed by atoms with Crippen molar-refractivity contribution in [2.45, 2.75) is 19.4 Å². The zero-order valence-electron chi connectivity index (χ0n) is 21.6. The van der Waals surface area contributed by atoms with E-state index in [2.05, 4.69) is 41.7 Å². The molecule has 0 radical (unpaired) electrons. The smallest absolute Gasteiger partial charge is 0.326 e. The van der Waals surface area contributed by atoms with Crippen LogP contribution in [0.2, 0.25) is 0 Å². The van der Waals surface area contributed by atoms with Crippen molar-refractivity contribution >= 4 is 35.8 Å². The van der Waals surface area contributed by atoms with Crippen LogP contribution in [-0.2, 0) is 4.79 Å². The Hall–Kier alpha value is -4.09. The molecule has 192 valence electrons. The summed E-state index contributed by atoms with van der Waals surface area (Å²) in [4.78, 5) is 25.0. The van der Waals surface area contributed by atoms with Crippen molar-refractivity contribution in [1.29, 1.82) is 0 Å². The number of carbonyl (C=O) groups excluding carboxylic acids is 1. The first kappa shape index (κ1) is 27.0. The highest BCUT2D eigenvalue weighted by Crippen LogP contribution is 2.29. The zero-order valence-corrected chi connectivity index (χ0v) is 22.4. The van der Waals surface area contributed by atoms with E-state index in [1.807, 2.05) is 79.9 Å². The van der Waals surface area contributed by atoms with Crippen molar-refractivity contribution in [2.24, 2.45) is 0 Å². The topological polar surface area (TPSA) is 66.4 Å². The number of carbonyl (C=O) groups is 2. The molecule has 0 unspecified atom stereocenters. The Morgan fingerprint density at radius 1 is 0.816 bits per heavy atom. The molecule has 4 rings (SSSR count). The number of aryl methyl sites for hydroxylation is 1. The summed E-state index contributed by atoms with van der Waals surface area (Å²) < 4.78 is 0. The number of thioether (sulfide) groups is 1. The number of rotatable bonds is 10. The highest BCUT2D eigenvalue weighted by Gasteiger charge is 2.22. The zero-order chi connectivity index (χ0) is 26.9. The van der Waals surface area contributed by atoms with E-state index in [9.17, 15) is 14.7 Å². The van der Waals surface area contributed by atoms with Gasteiger partial charge in [-0.25, -0.2) is 4.79 Å². The Morgan fingerprint density at radius 3 is 2.21 bits per heavy atom.